The van der Waals surface area contributed by atoms with Crippen molar-refractivity contribution in [1.82, 2.24) is 9.62 Å². The van der Waals surface area contributed by atoms with Crippen molar-refractivity contribution in [2.75, 3.05) is 19.7 Å². The number of nitrogens with zero attached hydrogens (tertiary/aromatic N) is 1. The van der Waals surface area contributed by atoms with Crippen LogP contribution in [0.1, 0.15) is 24.8 Å². The van der Waals surface area contributed by atoms with E-state index in [4.69, 9.17) is 4.74 Å². The highest BCUT2D eigenvalue weighted by molar-refractivity contribution is 7.89. The van der Waals surface area contributed by atoms with Crippen molar-refractivity contribution in [3.63, 3.8) is 0 Å². The summed E-state index contributed by atoms with van der Waals surface area (Å²) in [5, 5.41) is 2.78. The Hall–Kier alpha value is -2.38. The molecule has 1 aliphatic heterocycles. The molecule has 1 heterocycles. The van der Waals surface area contributed by atoms with Gasteiger partial charge in [-0.05, 0) is 42.7 Å². The van der Waals surface area contributed by atoms with Gasteiger partial charge in [0.05, 0.1) is 4.90 Å². The normalized spacial score (nSPS) is 15.3. The maximum Gasteiger partial charge on any atom is 0.258 e. The number of hydrogen-bond acceptors (Lipinski definition) is 4. The molecular weight excluding hydrogens is 364 g/mol. The van der Waals surface area contributed by atoms with Crippen LogP contribution >= 0.6 is 0 Å². The predicted octanol–water partition coefficient (Wildman–Crippen LogP) is 2.56. The number of nitrogens with one attached hydrogen (secondary N) is 1. The van der Waals surface area contributed by atoms with E-state index in [-0.39, 0.29) is 17.4 Å². The van der Waals surface area contributed by atoms with Crippen molar-refractivity contribution < 1.29 is 17.9 Å². The van der Waals surface area contributed by atoms with Gasteiger partial charge in [-0.3, -0.25) is 4.79 Å². The van der Waals surface area contributed by atoms with Gasteiger partial charge in [-0.2, -0.15) is 4.31 Å². The lowest BCUT2D eigenvalue weighted by Crippen LogP contribution is -2.35. The molecule has 144 valence electrons. The zero-order valence-corrected chi connectivity index (χ0v) is 16.0. The fourth-order valence-corrected chi connectivity index (χ4v) is 4.48. The minimum atomic E-state index is -3.45. The highest BCUT2D eigenvalue weighted by Gasteiger charge is 2.25. The molecule has 0 aromatic heterocycles. The minimum absolute atomic E-state index is 0.120. The van der Waals surface area contributed by atoms with Gasteiger partial charge in [-0.1, -0.05) is 36.8 Å². The van der Waals surface area contributed by atoms with E-state index in [2.05, 4.69) is 5.32 Å². The van der Waals surface area contributed by atoms with Crippen LogP contribution in [-0.4, -0.2) is 38.3 Å². The number of amides is 1. The van der Waals surface area contributed by atoms with E-state index < -0.39 is 10.0 Å². The molecule has 0 atom stereocenters. The molecule has 1 fully saturated rings. The third-order valence-corrected chi connectivity index (χ3v) is 6.39. The lowest BCUT2D eigenvalue weighted by Gasteiger charge is -2.25. The molecule has 27 heavy (non-hydrogen) atoms. The summed E-state index contributed by atoms with van der Waals surface area (Å²) in [6, 6.07) is 15.8. The Morgan fingerprint density at radius 3 is 2.30 bits per heavy atom. The van der Waals surface area contributed by atoms with Gasteiger partial charge in [0.15, 0.2) is 6.61 Å². The Kier molecular flexibility index (Phi) is 6.47. The largest absolute Gasteiger partial charge is 0.484 e. The van der Waals surface area contributed by atoms with Crippen molar-refractivity contribution >= 4 is 15.9 Å². The predicted molar refractivity (Wildman–Crippen MR) is 103 cm³/mol. The van der Waals surface area contributed by atoms with Crippen LogP contribution in [0.2, 0.25) is 0 Å². The summed E-state index contributed by atoms with van der Waals surface area (Å²) in [7, 11) is -3.45. The Morgan fingerprint density at radius 2 is 1.63 bits per heavy atom. The van der Waals surface area contributed by atoms with Crippen LogP contribution in [0.3, 0.4) is 0 Å². The summed E-state index contributed by atoms with van der Waals surface area (Å²) in [4.78, 5) is 12.1. The molecule has 1 saturated heterocycles. The van der Waals surface area contributed by atoms with Gasteiger partial charge >= 0.3 is 0 Å². The first kappa shape index (κ1) is 19.4. The van der Waals surface area contributed by atoms with Crippen LogP contribution < -0.4 is 10.1 Å². The lowest BCUT2D eigenvalue weighted by molar-refractivity contribution is -0.123. The smallest absolute Gasteiger partial charge is 0.258 e. The average molecular weight is 388 g/mol. The lowest BCUT2D eigenvalue weighted by atomic mass is 10.2. The van der Waals surface area contributed by atoms with E-state index in [0.717, 1.165) is 24.8 Å². The molecule has 0 radical (unpaired) electrons. The first-order chi connectivity index (χ1) is 13.1. The monoisotopic (exact) mass is 388 g/mol. The van der Waals surface area contributed by atoms with Gasteiger partial charge in [0.2, 0.25) is 10.0 Å². The number of hydrogen-bond donors (Lipinski definition) is 1. The number of carbonyl (C=O) groups excluding carboxylic acids is 1. The maximum atomic E-state index is 12.6. The molecular formula is C20H24N2O4S. The number of benzene rings is 2. The second kappa shape index (κ2) is 9.01. The number of rotatable bonds is 7. The number of carbonyl (C=O) groups is 1. The molecule has 1 aliphatic rings. The van der Waals surface area contributed by atoms with Crippen LogP contribution in [-0.2, 0) is 21.4 Å². The summed E-state index contributed by atoms with van der Waals surface area (Å²) >= 11 is 0. The topological polar surface area (TPSA) is 75.7 Å². The van der Waals surface area contributed by atoms with Crippen LogP contribution in [0, 0.1) is 0 Å². The van der Waals surface area contributed by atoms with Crippen LogP contribution in [0.15, 0.2) is 59.5 Å². The van der Waals surface area contributed by atoms with Gasteiger partial charge in [0.25, 0.3) is 5.91 Å². The van der Waals surface area contributed by atoms with Gasteiger partial charge in [0, 0.05) is 19.6 Å². The first-order valence-corrected chi connectivity index (χ1v) is 10.5. The SMILES string of the molecule is O=C(COc1ccc(S(=O)(=O)N2CCCCC2)cc1)NCc1ccccc1. The third kappa shape index (κ3) is 5.30. The summed E-state index contributed by atoms with van der Waals surface area (Å²) in [5.74, 6) is 0.228. The summed E-state index contributed by atoms with van der Waals surface area (Å²) in [6.07, 6.45) is 2.88. The van der Waals surface area contributed by atoms with E-state index in [0.29, 0.717) is 25.4 Å². The van der Waals surface area contributed by atoms with Crippen molar-refractivity contribution in [2.24, 2.45) is 0 Å². The summed E-state index contributed by atoms with van der Waals surface area (Å²) in [6.45, 7) is 1.46. The van der Waals surface area contributed by atoms with Crippen LogP contribution in [0.4, 0.5) is 0 Å². The Labute approximate surface area is 160 Å². The molecule has 2 aromatic rings. The van der Waals surface area contributed by atoms with Crippen molar-refractivity contribution in [3.05, 3.63) is 60.2 Å². The van der Waals surface area contributed by atoms with E-state index in [9.17, 15) is 13.2 Å². The summed E-state index contributed by atoms with van der Waals surface area (Å²) < 4.78 is 32.2. The zero-order valence-electron chi connectivity index (χ0n) is 15.1. The number of sulfonamides is 1. The molecule has 3 rings (SSSR count). The highest BCUT2D eigenvalue weighted by atomic mass is 32.2. The van der Waals surface area contributed by atoms with E-state index in [1.54, 1.807) is 12.1 Å². The molecule has 1 amide bonds. The fourth-order valence-electron chi connectivity index (χ4n) is 2.96. The fraction of sp³-hybridized carbons (Fsp3) is 0.350. The molecule has 7 heteroatoms. The number of ether oxygens (including phenoxy) is 1. The van der Waals surface area contributed by atoms with Crippen molar-refractivity contribution in [1.29, 1.82) is 0 Å². The van der Waals surface area contributed by atoms with Crippen molar-refractivity contribution in [2.45, 2.75) is 30.7 Å². The number of piperidine rings is 1. The molecule has 6 nitrogen and oxygen atoms in total. The minimum Gasteiger partial charge on any atom is -0.484 e. The Balaban J connectivity index is 1.50. The Morgan fingerprint density at radius 1 is 0.963 bits per heavy atom. The quantitative estimate of drug-likeness (QED) is 0.791. The molecule has 0 unspecified atom stereocenters. The first-order valence-electron chi connectivity index (χ1n) is 9.09. The summed E-state index contributed by atoms with van der Waals surface area (Å²) in [5.41, 5.74) is 1.01. The second-order valence-corrected chi connectivity index (χ2v) is 8.43. The molecule has 1 N–H and O–H groups in total. The maximum absolute atomic E-state index is 12.6. The molecule has 0 spiro atoms. The van der Waals surface area contributed by atoms with Gasteiger partial charge in [0.1, 0.15) is 5.75 Å². The Bertz CT molecular complexity index is 845. The van der Waals surface area contributed by atoms with Crippen molar-refractivity contribution in [3.8, 4) is 5.75 Å². The molecule has 0 aliphatic carbocycles. The average Bonchev–Trinajstić information content (AvgIpc) is 2.72. The van der Waals surface area contributed by atoms with E-state index in [1.807, 2.05) is 30.3 Å². The van der Waals surface area contributed by atoms with E-state index in [1.165, 1.54) is 16.4 Å². The molecule has 0 bridgehead atoms. The third-order valence-electron chi connectivity index (χ3n) is 4.48. The van der Waals surface area contributed by atoms with Gasteiger partial charge in [-0.25, -0.2) is 8.42 Å². The molecule has 0 saturated carbocycles. The second-order valence-electron chi connectivity index (χ2n) is 6.49. The standard InChI is InChI=1S/C20H24N2O4S/c23-20(21-15-17-7-3-1-4-8-17)16-26-18-9-11-19(12-10-18)27(24,25)22-13-5-2-6-14-22/h1,3-4,7-12H,2,5-6,13-16H2,(H,21,23). The zero-order chi connectivity index (χ0) is 19.1. The van der Waals surface area contributed by atoms with Gasteiger partial charge in [-0.15, -0.1) is 0 Å². The van der Waals surface area contributed by atoms with Crippen LogP contribution in [0.5, 0.6) is 5.75 Å². The molecule has 2 aromatic carbocycles. The highest BCUT2D eigenvalue weighted by Crippen LogP contribution is 2.22. The van der Waals surface area contributed by atoms with Crippen LogP contribution in [0.25, 0.3) is 0 Å². The van der Waals surface area contributed by atoms with Gasteiger partial charge < -0.3 is 10.1 Å². The van der Waals surface area contributed by atoms with E-state index >= 15 is 0 Å².